The van der Waals surface area contributed by atoms with Crippen LogP contribution in [0.4, 0.5) is 0 Å². The van der Waals surface area contributed by atoms with Crippen LogP contribution in [0.5, 0.6) is 0 Å². The second-order valence-corrected chi connectivity index (χ2v) is 10.0. The van der Waals surface area contributed by atoms with Gasteiger partial charge in [-0.2, -0.15) is 0 Å². The van der Waals surface area contributed by atoms with Crippen LogP contribution in [0.1, 0.15) is 42.5 Å². The van der Waals surface area contributed by atoms with E-state index in [-0.39, 0.29) is 5.91 Å². The molecule has 178 valence electrons. The lowest BCUT2D eigenvalue weighted by molar-refractivity contribution is -0.132. The summed E-state index contributed by atoms with van der Waals surface area (Å²) in [7, 11) is 4.19. The van der Waals surface area contributed by atoms with Crippen molar-refractivity contribution >= 4 is 5.91 Å². The first-order valence-corrected chi connectivity index (χ1v) is 12.6. The van der Waals surface area contributed by atoms with Crippen LogP contribution in [0.25, 0.3) is 0 Å². The van der Waals surface area contributed by atoms with Crippen molar-refractivity contribution in [3.63, 3.8) is 0 Å². The first-order chi connectivity index (χ1) is 16.1. The molecule has 1 aliphatic carbocycles. The molecule has 6 nitrogen and oxygen atoms in total. The Balaban J connectivity index is 1.27. The first kappa shape index (κ1) is 23.8. The lowest BCUT2D eigenvalue weighted by Gasteiger charge is -2.38. The molecule has 1 aromatic heterocycles. The molecule has 6 heteroatoms. The Bertz CT molecular complexity index is 854. The Morgan fingerprint density at radius 2 is 1.79 bits per heavy atom. The Labute approximate surface area is 199 Å². The number of rotatable bonds is 10. The minimum absolute atomic E-state index is 0.257. The number of aryl methyl sites for hydroxylation is 1. The van der Waals surface area contributed by atoms with E-state index in [1.54, 1.807) is 18.6 Å². The van der Waals surface area contributed by atoms with Gasteiger partial charge in [-0.15, -0.1) is 0 Å². The van der Waals surface area contributed by atoms with Gasteiger partial charge in [0.05, 0.1) is 5.69 Å². The van der Waals surface area contributed by atoms with Gasteiger partial charge in [-0.3, -0.25) is 19.7 Å². The van der Waals surface area contributed by atoms with Crippen molar-refractivity contribution in [3.05, 3.63) is 59.7 Å². The van der Waals surface area contributed by atoms with E-state index in [2.05, 4.69) is 63.0 Å². The zero-order valence-corrected chi connectivity index (χ0v) is 20.3. The highest BCUT2D eigenvalue weighted by molar-refractivity contribution is 5.76. The summed E-state index contributed by atoms with van der Waals surface area (Å²) in [5, 5.41) is 0. The van der Waals surface area contributed by atoms with E-state index in [1.165, 1.54) is 36.8 Å². The van der Waals surface area contributed by atoms with Crippen LogP contribution in [0.3, 0.4) is 0 Å². The lowest BCUT2D eigenvalue weighted by atomic mass is 9.94. The summed E-state index contributed by atoms with van der Waals surface area (Å²) in [6, 6.07) is 9.58. The SMILES string of the molecule is CN(C)CCCN(CC1CCN(C2Cc3ccccc3C2)CC1)C(=O)CCc1cnccn1. The maximum Gasteiger partial charge on any atom is 0.222 e. The minimum atomic E-state index is 0.257. The van der Waals surface area contributed by atoms with Crippen molar-refractivity contribution in [2.45, 2.75) is 51.0 Å². The summed E-state index contributed by atoms with van der Waals surface area (Å²) in [5.74, 6) is 0.859. The second-order valence-electron chi connectivity index (χ2n) is 10.0. The Morgan fingerprint density at radius 3 is 2.42 bits per heavy atom. The van der Waals surface area contributed by atoms with Crippen molar-refractivity contribution in [2.75, 3.05) is 46.8 Å². The number of carbonyl (C=O) groups is 1. The van der Waals surface area contributed by atoms with Gasteiger partial charge < -0.3 is 9.80 Å². The Hall–Kier alpha value is -2.31. The minimum Gasteiger partial charge on any atom is -0.342 e. The van der Waals surface area contributed by atoms with Crippen LogP contribution in [-0.2, 0) is 24.1 Å². The molecule has 33 heavy (non-hydrogen) atoms. The van der Waals surface area contributed by atoms with E-state index in [0.717, 1.165) is 44.8 Å². The number of hydrogen-bond acceptors (Lipinski definition) is 5. The average molecular weight is 450 g/mol. The number of carbonyl (C=O) groups excluding carboxylic acids is 1. The second kappa shape index (κ2) is 11.7. The third-order valence-corrected chi connectivity index (χ3v) is 7.27. The standard InChI is InChI=1S/C27H39N5O/c1-30(2)14-5-15-32(27(33)9-8-25-20-28-12-13-29-25)21-22-10-16-31(17-11-22)26-18-23-6-3-4-7-24(23)19-26/h3-4,6-7,12-13,20,22,26H,5,8-11,14-19,21H2,1-2H3. The fourth-order valence-electron chi connectivity index (χ4n) is 5.35. The van der Waals surface area contributed by atoms with Crippen molar-refractivity contribution in [2.24, 2.45) is 5.92 Å². The molecule has 0 unspecified atom stereocenters. The topological polar surface area (TPSA) is 52.6 Å². The zero-order chi connectivity index (χ0) is 23.0. The van der Waals surface area contributed by atoms with Crippen LogP contribution >= 0.6 is 0 Å². The molecule has 1 aromatic carbocycles. The van der Waals surface area contributed by atoms with Crippen LogP contribution in [0.15, 0.2) is 42.9 Å². The largest absolute Gasteiger partial charge is 0.342 e. The number of fused-ring (bicyclic) bond motifs is 1. The summed E-state index contributed by atoms with van der Waals surface area (Å²) in [4.78, 5) is 28.6. The maximum absolute atomic E-state index is 13.1. The van der Waals surface area contributed by atoms with E-state index < -0.39 is 0 Å². The summed E-state index contributed by atoms with van der Waals surface area (Å²) in [6.45, 7) is 5.06. The smallest absolute Gasteiger partial charge is 0.222 e. The van der Waals surface area contributed by atoms with Gasteiger partial charge >= 0.3 is 0 Å². The molecule has 0 bridgehead atoms. The fraction of sp³-hybridized carbons (Fsp3) is 0.593. The van der Waals surface area contributed by atoms with Crippen molar-refractivity contribution in [1.82, 2.24) is 24.7 Å². The average Bonchev–Trinajstić information content (AvgIpc) is 3.27. The van der Waals surface area contributed by atoms with Crippen LogP contribution < -0.4 is 0 Å². The van der Waals surface area contributed by atoms with E-state index in [1.807, 2.05) is 0 Å². The number of amides is 1. The zero-order valence-electron chi connectivity index (χ0n) is 20.3. The van der Waals surface area contributed by atoms with Crippen LogP contribution in [0, 0.1) is 5.92 Å². The third kappa shape index (κ3) is 6.84. The highest BCUT2D eigenvalue weighted by atomic mass is 16.2. The highest BCUT2D eigenvalue weighted by Gasteiger charge is 2.30. The number of likely N-dealkylation sites (tertiary alicyclic amines) is 1. The molecule has 4 rings (SSSR count). The van der Waals surface area contributed by atoms with Gasteiger partial charge in [0.25, 0.3) is 0 Å². The number of benzene rings is 1. The van der Waals surface area contributed by atoms with Gasteiger partial charge in [-0.05, 0) is 89.3 Å². The van der Waals surface area contributed by atoms with Gasteiger partial charge in [0, 0.05) is 44.1 Å². The van der Waals surface area contributed by atoms with Gasteiger partial charge in [0.1, 0.15) is 0 Å². The van der Waals surface area contributed by atoms with Gasteiger partial charge in [0.15, 0.2) is 0 Å². The lowest BCUT2D eigenvalue weighted by Crippen LogP contribution is -2.45. The normalized spacial score (nSPS) is 17.4. The molecule has 0 N–H and O–H groups in total. The molecule has 1 saturated heterocycles. The molecule has 2 aliphatic rings. The molecular weight excluding hydrogens is 410 g/mol. The van der Waals surface area contributed by atoms with Crippen LogP contribution in [-0.4, -0.2) is 83.4 Å². The number of hydrogen-bond donors (Lipinski definition) is 0. The molecule has 1 fully saturated rings. The Morgan fingerprint density at radius 1 is 1.06 bits per heavy atom. The van der Waals surface area contributed by atoms with Gasteiger partial charge in [-0.1, -0.05) is 24.3 Å². The number of piperidine rings is 1. The van der Waals surface area contributed by atoms with Crippen molar-refractivity contribution < 1.29 is 4.79 Å². The predicted molar refractivity (Wildman–Crippen MR) is 132 cm³/mol. The molecule has 1 amide bonds. The molecule has 0 spiro atoms. The van der Waals surface area contributed by atoms with E-state index in [4.69, 9.17) is 0 Å². The van der Waals surface area contributed by atoms with Gasteiger partial charge in [0.2, 0.25) is 5.91 Å². The third-order valence-electron chi connectivity index (χ3n) is 7.27. The van der Waals surface area contributed by atoms with E-state index >= 15 is 0 Å². The predicted octanol–water partition coefficient (Wildman–Crippen LogP) is 3.07. The molecule has 0 saturated carbocycles. The Kier molecular flexibility index (Phi) is 8.46. The van der Waals surface area contributed by atoms with E-state index in [0.29, 0.717) is 24.8 Å². The summed E-state index contributed by atoms with van der Waals surface area (Å²) in [5.41, 5.74) is 3.96. The highest BCUT2D eigenvalue weighted by Crippen LogP contribution is 2.29. The van der Waals surface area contributed by atoms with Crippen molar-refractivity contribution in [3.8, 4) is 0 Å². The van der Waals surface area contributed by atoms with Crippen LogP contribution in [0.2, 0.25) is 0 Å². The molecule has 2 heterocycles. The van der Waals surface area contributed by atoms with Gasteiger partial charge in [-0.25, -0.2) is 0 Å². The van der Waals surface area contributed by atoms with Crippen molar-refractivity contribution in [1.29, 1.82) is 0 Å². The monoisotopic (exact) mass is 449 g/mol. The molecule has 0 radical (unpaired) electrons. The summed E-state index contributed by atoms with van der Waals surface area (Å²) < 4.78 is 0. The molecular formula is C27H39N5O. The summed E-state index contributed by atoms with van der Waals surface area (Å²) >= 11 is 0. The van der Waals surface area contributed by atoms with E-state index in [9.17, 15) is 4.79 Å². The number of nitrogens with zero attached hydrogens (tertiary/aromatic N) is 5. The molecule has 1 aliphatic heterocycles. The molecule has 2 aromatic rings. The quantitative estimate of drug-likeness (QED) is 0.558. The number of aromatic nitrogens is 2. The summed E-state index contributed by atoms with van der Waals surface area (Å²) in [6.07, 6.45) is 12.1. The first-order valence-electron chi connectivity index (χ1n) is 12.6. The molecule has 0 atom stereocenters. The fourth-order valence-corrected chi connectivity index (χ4v) is 5.35. The maximum atomic E-state index is 13.1.